The van der Waals surface area contributed by atoms with Gasteiger partial charge in [-0.1, -0.05) is 60.3 Å². The van der Waals surface area contributed by atoms with E-state index in [0.29, 0.717) is 0 Å². The zero-order valence-corrected chi connectivity index (χ0v) is 19.3. The predicted molar refractivity (Wildman–Crippen MR) is 127 cm³/mol. The van der Waals surface area contributed by atoms with Crippen molar-refractivity contribution in [1.82, 2.24) is 14.9 Å². The first kappa shape index (κ1) is 22.4. The molecule has 2 aromatic carbocycles. The first-order valence-electron chi connectivity index (χ1n) is 10.9. The van der Waals surface area contributed by atoms with Crippen LogP contribution in [0, 0.1) is 0 Å². The van der Waals surface area contributed by atoms with Gasteiger partial charge >= 0.3 is 0 Å². The van der Waals surface area contributed by atoms with Crippen molar-refractivity contribution >= 4 is 17.7 Å². The van der Waals surface area contributed by atoms with Gasteiger partial charge in [-0.2, -0.15) is 0 Å². The van der Waals surface area contributed by atoms with Gasteiger partial charge in [-0.05, 0) is 31.4 Å². The summed E-state index contributed by atoms with van der Waals surface area (Å²) in [6.45, 7) is 3.52. The molecule has 1 N–H and O–H groups in total. The number of rotatable bonds is 9. The molecule has 1 fully saturated rings. The Morgan fingerprint density at radius 1 is 1.25 bits per heavy atom. The lowest BCUT2D eigenvalue weighted by Crippen LogP contribution is -2.28. The highest BCUT2D eigenvalue weighted by Gasteiger charge is 2.21. The second-order valence-corrected chi connectivity index (χ2v) is 8.80. The van der Waals surface area contributed by atoms with Crippen molar-refractivity contribution in [3.05, 3.63) is 66.4 Å². The molecule has 32 heavy (non-hydrogen) atoms. The molecule has 0 saturated carbocycles. The summed E-state index contributed by atoms with van der Waals surface area (Å²) < 4.78 is 13.5. The average molecular weight is 452 g/mol. The van der Waals surface area contributed by atoms with Crippen molar-refractivity contribution in [3.63, 3.8) is 0 Å². The molecule has 7 heteroatoms. The maximum Gasteiger partial charge on any atom is 0.230 e. The van der Waals surface area contributed by atoms with Crippen LogP contribution in [0.15, 0.2) is 66.0 Å². The molecule has 1 aliphatic heterocycles. The second-order valence-electron chi connectivity index (χ2n) is 7.86. The Morgan fingerprint density at radius 3 is 2.78 bits per heavy atom. The topological polar surface area (TPSA) is 65.4 Å². The number of hydrogen-bond acceptors (Lipinski definition) is 5. The molecule has 0 spiro atoms. The van der Waals surface area contributed by atoms with Gasteiger partial charge in [0, 0.05) is 12.2 Å². The summed E-state index contributed by atoms with van der Waals surface area (Å²) in [4.78, 5) is 17.3. The van der Waals surface area contributed by atoms with Gasteiger partial charge in [0.2, 0.25) is 5.91 Å². The molecule has 0 aliphatic carbocycles. The van der Waals surface area contributed by atoms with E-state index in [4.69, 9.17) is 9.47 Å². The van der Waals surface area contributed by atoms with Crippen molar-refractivity contribution in [2.45, 2.75) is 43.6 Å². The van der Waals surface area contributed by atoms with Crippen LogP contribution in [-0.2, 0) is 16.1 Å². The summed E-state index contributed by atoms with van der Waals surface area (Å²) in [5.74, 6) is 1.02. The number of carbonyl (C=O) groups excluding carboxylic acids is 1. The van der Waals surface area contributed by atoms with E-state index in [2.05, 4.69) is 27.0 Å². The molecular weight excluding hydrogens is 422 g/mol. The molecule has 0 radical (unpaired) electrons. The van der Waals surface area contributed by atoms with Crippen LogP contribution in [-0.4, -0.2) is 41.0 Å². The van der Waals surface area contributed by atoms with Gasteiger partial charge < -0.3 is 19.4 Å². The molecule has 168 valence electrons. The third kappa shape index (κ3) is 5.34. The Balaban J connectivity index is 1.45. The number of amides is 1. The number of nitrogens with one attached hydrogen (secondary N) is 1. The van der Waals surface area contributed by atoms with Crippen LogP contribution in [0.1, 0.15) is 31.4 Å². The van der Waals surface area contributed by atoms with E-state index in [1.165, 1.54) is 11.8 Å². The fourth-order valence-electron chi connectivity index (χ4n) is 4.00. The number of para-hydroxylation sites is 1. The number of carbonyl (C=O) groups is 1. The minimum atomic E-state index is -0.147. The molecule has 3 aromatic rings. The maximum absolute atomic E-state index is 12.7. The Bertz CT molecular complexity index is 1030. The third-order valence-electron chi connectivity index (χ3n) is 5.61. The lowest BCUT2D eigenvalue weighted by Gasteiger charge is -2.18. The van der Waals surface area contributed by atoms with Crippen molar-refractivity contribution in [2.75, 3.05) is 19.5 Å². The van der Waals surface area contributed by atoms with Gasteiger partial charge in [-0.3, -0.25) is 4.79 Å². The third-order valence-corrected chi connectivity index (χ3v) is 6.60. The fourth-order valence-corrected chi connectivity index (χ4v) is 4.80. The first-order chi connectivity index (χ1) is 15.7. The molecule has 1 aliphatic rings. The normalized spacial score (nSPS) is 16.6. The molecule has 2 heterocycles. The summed E-state index contributed by atoms with van der Waals surface area (Å²) in [6, 6.07) is 17.8. The van der Waals surface area contributed by atoms with Crippen LogP contribution in [0.5, 0.6) is 5.75 Å². The quantitative estimate of drug-likeness (QED) is 0.478. The first-order valence-corrected chi connectivity index (χ1v) is 11.9. The van der Waals surface area contributed by atoms with Gasteiger partial charge in [0.15, 0.2) is 5.16 Å². The number of ether oxygens (including phenoxy) is 2. The fraction of sp³-hybridized carbons (Fsp3) is 0.360. The molecule has 1 aromatic heterocycles. The molecule has 1 amide bonds. The SMILES string of the molecule is COc1ccccc1C(C)NC(=O)CSc1ncc(-c2ccccc2)n1CC1CCCO1. The van der Waals surface area contributed by atoms with Gasteiger partial charge in [0.1, 0.15) is 5.75 Å². The summed E-state index contributed by atoms with van der Waals surface area (Å²) in [6.07, 6.45) is 4.21. The highest BCUT2D eigenvalue weighted by Crippen LogP contribution is 2.29. The zero-order valence-electron chi connectivity index (χ0n) is 18.5. The van der Waals surface area contributed by atoms with E-state index >= 15 is 0 Å². The minimum absolute atomic E-state index is 0.0404. The summed E-state index contributed by atoms with van der Waals surface area (Å²) >= 11 is 1.45. The van der Waals surface area contributed by atoms with E-state index in [9.17, 15) is 4.79 Å². The molecule has 6 nitrogen and oxygen atoms in total. The standard InChI is InChI=1S/C25H29N3O3S/c1-18(21-12-6-7-13-23(21)30-2)27-24(29)17-32-25-26-15-22(19-9-4-3-5-10-19)28(25)16-20-11-8-14-31-20/h3-7,9-10,12-13,15,18,20H,8,11,14,16-17H2,1-2H3,(H,27,29). The summed E-state index contributed by atoms with van der Waals surface area (Å²) in [5, 5.41) is 3.90. The van der Waals surface area contributed by atoms with Crippen LogP contribution in [0.3, 0.4) is 0 Å². The summed E-state index contributed by atoms with van der Waals surface area (Å²) in [5.41, 5.74) is 3.12. The lowest BCUT2D eigenvalue weighted by atomic mass is 10.1. The van der Waals surface area contributed by atoms with E-state index < -0.39 is 0 Å². The Kier molecular flexibility index (Phi) is 7.50. The van der Waals surface area contributed by atoms with Crippen molar-refractivity contribution in [2.24, 2.45) is 0 Å². The second kappa shape index (κ2) is 10.7. The number of hydrogen-bond donors (Lipinski definition) is 1. The monoisotopic (exact) mass is 451 g/mol. The number of imidazole rings is 1. The van der Waals surface area contributed by atoms with Crippen molar-refractivity contribution in [3.8, 4) is 17.0 Å². The van der Waals surface area contributed by atoms with Gasteiger partial charge in [-0.25, -0.2) is 4.98 Å². The van der Waals surface area contributed by atoms with E-state index in [1.807, 2.05) is 55.6 Å². The van der Waals surface area contributed by atoms with E-state index in [-0.39, 0.29) is 23.8 Å². The predicted octanol–water partition coefficient (Wildman–Crippen LogP) is 4.71. The van der Waals surface area contributed by atoms with Crippen LogP contribution in [0.4, 0.5) is 0 Å². The van der Waals surface area contributed by atoms with Crippen LogP contribution in [0.25, 0.3) is 11.3 Å². The van der Waals surface area contributed by atoms with Crippen LogP contribution >= 0.6 is 11.8 Å². The molecule has 4 rings (SSSR count). The molecular formula is C25H29N3O3S. The van der Waals surface area contributed by atoms with Gasteiger partial charge in [-0.15, -0.1) is 0 Å². The Hall–Kier alpha value is -2.77. The average Bonchev–Trinajstić information content (AvgIpc) is 3.48. The Labute approximate surface area is 193 Å². The number of methoxy groups -OCH3 is 1. The molecule has 1 saturated heterocycles. The van der Waals surface area contributed by atoms with Crippen molar-refractivity contribution < 1.29 is 14.3 Å². The Morgan fingerprint density at radius 2 is 2.03 bits per heavy atom. The van der Waals surface area contributed by atoms with Crippen molar-refractivity contribution in [1.29, 1.82) is 0 Å². The number of nitrogens with zero attached hydrogens (tertiary/aromatic N) is 2. The van der Waals surface area contributed by atoms with E-state index in [1.54, 1.807) is 7.11 Å². The smallest absolute Gasteiger partial charge is 0.230 e. The highest BCUT2D eigenvalue weighted by molar-refractivity contribution is 7.99. The van der Waals surface area contributed by atoms with E-state index in [0.717, 1.165) is 53.7 Å². The zero-order chi connectivity index (χ0) is 22.3. The minimum Gasteiger partial charge on any atom is -0.496 e. The summed E-state index contributed by atoms with van der Waals surface area (Å²) in [7, 11) is 1.64. The number of aromatic nitrogens is 2. The van der Waals surface area contributed by atoms with Gasteiger partial charge in [0.05, 0.1) is 43.4 Å². The maximum atomic E-state index is 12.7. The highest BCUT2D eigenvalue weighted by atomic mass is 32.2. The van der Waals surface area contributed by atoms with Crippen LogP contribution in [0.2, 0.25) is 0 Å². The lowest BCUT2D eigenvalue weighted by molar-refractivity contribution is -0.119. The molecule has 2 atom stereocenters. The number of benzene rings is 2. The number of thioether (sulfide) groups is 1. The largest absolute Gasteiger partial charge is 0.496 e. The molecule has 0 bridgehead atoms. The van der Waals surface area contributed by atoms with Gasteiger partial charge in [0.25, 0.3) is 0 Å². The van der Waals surface area contributed by atoms with Crippen LogP contribution < -0.4 is 10.1 Å². The molecule has 2 unspecified atom stereocenters.